The molecule has 0 saturated heterocycles. The van der Waals surface area contributed by atoms with Crippen LogP contribution in [0.15, 0.2) is 12.1 Å². The van der Waals surface area contributed by atoms with E-state index in [1.54, 1.807) is 12.1 Å². The number of benzene rings is 1. The molecule has 0 aromatic heterocycles. The number of halogens is 2. The van der Waals surface area contributed by atoms with Gasteiger partial charge in [0.1, 0.15) is 5.75 Å². The van der Waals surface area contributed by atoms with Crippen LogP contribution in [0.5, 0.6) is 5.75 Å². The van der Waals surface area contributed by atoms with Gasteiger partial charge in [-0.3, -0.25) is 4.79 Å². The molecule has 0 unspecified atom stereocenters. The first-order chi connectivity index (χ1) is 8.10. The van der Waals surface area contributed by atoms with Crippen molar-refractivity contribution in [1.29, 1.82) is 0 Å². The number of ketones is 1. The molecular formula is C13H16Cl2O2. The predicted octanol–water partition coefficient (Wildman–Crippen LogP) is 4.25. The van der Waals surface area contributed by atoms with E-state index >= 15 is 0 Å². The molecule has 94 valence electrons. The Morgan fingerprint density at radius 3 is 2.71 bits per heavy atom. The second kappa shape index (κ2) is 6.87. The lowest BCUT2D eigenvalue weighted by Gasteiger charge is -2.12. The number of carbonyl (C=O) groups excluding carboxylic acids is 1. The summed E-state index contributed by atoms with van der Waals surface area (Å²) >= 11 is 11.6. The second-order valence-corrected chi connectivity index (χ2v) is 4.59. The van der Waals surface area contributed by atoms with Crippen molar-refractivity contribution in [2.75, 3.05) is 12.5 Å². The van der Waals surface area contributed by atoms with Crippen LogP contribution in [-0.2, 0) is 0 Å². The second-order valence-electron chi connectivity index (χ2n) is 3.81. The number of Topliss-reactive ketones (excluding diaryl/α,β-unsaturated/α-hetero) is 1. The maximum atomic E-state index is 11.9. The van der Waals surface area contributed by atoms with Gasteiger partial charge in [-0.15, -0.1) is 11.6 Å². The summed E-state index contributed by atoms with van der Waals surface area (Å²) < 4.78 is 5.57. The number of rotatable bonds is 6. The first-order valence-electron chi connectivity index (χ1n) is 5.62. The summed E-state index contributed by atoms with van der Waals surface area (Å²) in [4.78, 5) is 11.9. The Labute approximate surface area is 112 Å². The lowest BCUT2D eigenvalue weighted by molar-refractivity contribution is 0.0985. The molecule has 0 amide bonds. The molecule has 0 radical (unpaired) electrons. The number of hydrogen-bond acceptors (Lipinski definition) is 2. The number of ether oxygens (including phenoxy) is 1. The smallest absolute Gasteiger partial charge is 0.167 e. The van der Waals surface area contributed by atoms with E-state index in [2.05, 4.69) is 0 Å². The Morgan fingerprint density at radius 1 is 1.41 bits per heavy atom. The standard InChI is InChI=1S/C13H16Cl2O2/c1-3-6-17-13-7-9(2)11(15)8-10(13)12(16)4-5-14/h7-8H,3-6H2,1-2H3. The predicted molar refractivity (Wildman–Crippen MR) is 71.6 cm³/mol. The molecule has 0 atom stereocenters. The van der Waals surface area contributed by atoms with E-state index in [-0.39, 0.29) is 5.78 Å². The summed E-state index contributed by atoms with van der Waals surface area (Å²) in [6.07, 6.45) is 1.19. The van der Waals surface area contributed by atoms with E-state index < -0.39 is 0 Å². The van der Waals surface area contributed by atoms with Crippen molar-refractivity contribution in [2.45, 2.75) is 26.7 Å². The highest BCUT2D eigenvalue weighted by molar-refractivity contribution is 6.32. The Bertz CT molecular complexity index is 403. The minimum atomic E-state index is -0.0343. The third kappa shape index (κ3) is 3.90. The molecule has 1 aromatic rings. The lowest BCUT2D eigenvalue weighted by Crippen LogP contribution is -2.06. The summed E-state index contributed by atoms with van der Waals surface area (Å²) in [5.74, 6) is 0.870. The average Bonchev–Trinajstić information content (AvgIpc) is 2.30. The van der Waals surface area contributed by atoms with Gasteiger partial charge < -0.3 is 4.74 Å². The molecule has 0 bridgehead atoms. The van der Waals surface area contributed by atoms with Crippen molar-refractivity contribution in [3.63, 3.8) is 0 Å². The summed E-state index contributed by atoms with van der Waals surface area (Å²) in [6.45, 7) is 4.49. The average molecular weight is 275 g/mol. The molecule has 0 saturated carbocycles. The van der Waals surface area contributed by atoms with Crippen LogP contribution in [0.1, 0.15) is 35.7 Å². The van der Waals surface area contributed by atoms with Crippen molar-refractivity contribution < 1.29 is 9.53 Å². The molecular weight excluding hydrogens is 259 g/mol. The minimum absolute atomic E-state index is 0.0343. The van der Waals surface area contributed by atoms with Crippen molar-refractivity contribution >= 4 is 29.0 Å². The Hall–Kier alpha value is -0.730. The van der Waals surface area contributed by atoms with Gasteiger partial charge in [-0.25, -0.2) is 0 Å². The zero-order valence-corrected chi connectivity index (χ0v) is 11.6. The largest absolute Gasteiger partial charge is 0.493 e. The quantitative estimate of drug-likeness (QED) is 0.573. The topological polar surface area (TPSA) is 26.3 Å². The van der Waals surface area contributed by atoms with Gasteiger partial charge in [0.15, 0.2) is 5.78 Å². The zero-order valence-electron chi connectivity index (χ0n) is 10.1. The van der Waals surface area contributed by atoms with E-state index in [9.17, 15) is 4.79 Å². The van der Waals surface area contributed by atoms with Gasteiger partial charge in [-0.1, -0.05) is 18.5 Å². The van der Waals surface area contributed by atoms with E-state index in [1.807, 2.05) is 13.8 Å². The van der Waals surface area contributed by atoms with Crippen LogP contribution in [0.25, 0.3) is 0 Å². The lowest BCUT2D eigenvalue weighted by atomic mass is 10.1. The summed E-state index contributed by atoms with van der Waals surface area (Å²) in [7, 11) is 0. The summed E-state index contributed by atoms with van der Waals surface area (Å²) in [5.41, 5.74) is 1.43. The fourth-order valence-electron chi connectivity index (χ4n) is 1.42. The maximum Gasteiger partial charge on any atom is 0.167 e. The minimum Gasteiger partial charge on any atom is -0.493 e. The Kier molecular flexibility index (Phi) is 5.79. The molecule has 0 N–H and O–H groups in total. The molecule has 17 heavy (non-hydrogen) atoms. The highest BCUT2D eigenvalue weighted by atomic mass is 35.5. The van der Waals surface area contributed by atoms with Gasteiger partial charge in [0, 0.05) is 17.3 Å². The van der Waals surface area contributed by atoms with Crippen molar-refractivity contribution in [1.82, 2.24) is 0 Å². The molecule has 0 aliphatic heterocycles. The third-order valence-corrected chi connectivity index (χ3v) is 2.94. The van der Waals surface area contributed by atoms with Crippen molar-refractivity contribution in [2.24, 2.45) is 0 Å². The van der Waals surface area contributed by atoms with Crippen LogP contribution in [0.4, 0.5) is 0 Å². The van der Waals surface area contributed by atoms with Crippen LogP contribution in [-0.4, -0.2) is 18.3 Å². The molecule has 1 rings (SSSR count). The Morgan fingerprint density at radius 2 is 2.12 bits per heavy atom. The van der Waals surface area contributed by atoms with Crippen LogP contribution >= 0.6 is 23.2 Å². The fourth-order valence-corrected chi connectivity index (χ4v) is 1.76. The molecule has 0 aliphatic rings. The third-order valence-electron chi connectivity index (χ3n) is 2.34. The van der Waals surface area contributed by atoms with Crippen LogP contribution in [0.3, 0.4) is 0 Å². The van der Waals surface area contributed by atoms with Crippen molar-refractivity contribution in [3.8, 4) is 5.75 Å². The first-order valence-corrected chi connectivity index (χ1v) is 6.53. The first kappa shape index (κ1) is 14.3. The molecule has 0 spiro atoms. The molecule has 0 aliphatic carbocycles. The number of hydrogen-bond donors (Lipinski definition) is 0. The number of alkyl halides is 1. The Balaban J connectivity index is 3.06. The maximum absolute atomic E-state index is 11.9. The molecule has 4 heteroatoms. The van der Waals surface area contributed by atoms with E-state index in [1.165, 1.54) is 0 Å². The van der Waals surface area contributed by atoms with Gasteiger partial charge in [-0.05, 0) is 31.0 Å². The SMILES string of the molecule is CCCOc1cc(C)c(Cl)cc1C(=O)CCCl. The van der Waals surface area contributed by atoms with Crippen LogP contribution in [0, 0.1) is 6.92 Å². The van der Waals surface area contributed by atoms with E-state index in [0.717, 1.165) is 12.0 Å². The van der Waals surface area contributed by atoms with Crippen LogP contribution in [0.2, 0.25) is 5.02 Å². The fraction of sp³-hybridized carbons (Fsp3) is 0.462. The zero-order chi connectivity index (χ0) is 12.8. The molecule has 0 heterocycles. The van der Waals surface area contributed by atoms with Crippen molar-refractivity contribution in [3.05, 3.63) is 28.3 Å². The van der Waals surface area contributed by atoms with Gasteiger partial charge >= 0.3 is 0 Å². The summed E-state index contributed by atoms with van der Waals surface area (Å²) in [5, 5.41) is 0.576. The van der Waals surface area contributed by atoms with Crippen LogP contribution < -0.4 is 4.74 Å². The van der Waals surface area contributed by atoms with Gasteiger partial charge in [0.2, 0.25) is 0 Å². The summed E-state index contributed by atoms with van der Waals surface area (Å²) in [6, 6.07) is 3.47. The monoisotopic (exact) mass is 274 g/mol. The number of aryl methyl sites for hydroxylation is 1. The highest BCUT2D eigenvalue weighted by Crippen LogP contribution is 2.28. The number of carbonyl (C=O) groups is 1. The molecule has 2 nitrogen and oxygen atoms in total. The van der Waals surface area contributed by atoms with Gasteiger partial charge in [0.05, 0.1) is 12.2 Å². The van der Waals surface area contributed by atoms with E-state index in [0.29, 0.717) is 35.2 Å². The van der Waals surface area contributed by atoms with Gasteiger partial charge in [0.25, 0.3) is 0 Å². The van der Waals surface area contributed by atoms with E-state index in [4.69, 9.17) is 27.9 Å². The normalized spacial score (nSPS) is 10.4. The molecule has 1 aromatic carbocycles. The van der Waals surface area contributed by atoms with Gasteiger partial charge in [-0.2, -0.15) is 0 Å². The molecule has 0 fully saturated rings. The highest BCUT2D eigenvalue weighted by Gasteiger charge is 2.14.